The second-order valence-corrected chi connectivity index (χ2v) is 3.48. The van der Waals surface area contributed by atoms with Gasteiger partial charge in [-0.05, 0) is 31.8 Å². The molecule has 70 valence electrons. The summed E-state index contributed by atoms with van der Waals surface area (Å²) in [5.74, 6) is 0.274. The topological polar surface area (TPSA) is 49.3 Å². The fraction of sp³-hybridized carbons (Fsp3) is 0.889. The smallest absolute Gasteiger partial charge is 0.303 e. The highest BCUT2D eigenvalue weighted by Crippen LogP contribution is 2.31. The second kappa shape index (κ2) is 5.14. The van der Waals surface area contributed by atoms with Gasteiger partial charge >= 0.3 is 5.97 Å². The number of nitrogens with one attached hydrogen (secondary N) is 1. The Balaban J connectivity index is 1.73. The third-order valence-corrected chi connectivity index (χ3v) is 2.17. The zero-order valence-electron chi connectivity index (χ0n) is 7.38. The van der Waals surface area contributed by atoms with Gasteiger partial charge in [-0.15, -0.1) is 0 Å². The van der Waals surface area contributed by atoms with Crippen molar-refractivity contribution in [3.05, 3.63) is 0 Å². The van der Waals surface area contributed by atoms with Gasteiger partial charge in [0.15, 0.2) is 0 Å². The molecule has 12 heavy (non-hydrogen) atoms. The molecule has 0 atom stereocenters. The van der Waals surface area contributed by atoms with Crippen molar-refractivity contribution in [3.8, 4) is 0 Å². The van der Waals surface area contributed by atoms with E-state index in [1.807, 2.05) is 0 Å². The average molecular weight is 171 g/mol. The van der Waals surface area contributed by atoms with Crippen molar-refractivity contribution in [1.82, 2.24) is 5.32 Å². The molecule has 0 unspecified atom stereocenters. The maximum Gasteiger partial charge on any atom is 0.303 e. The van der Waals surface area contributed by atoms with Gasteiger partial charge in [-0.3, -0.25) is 4.79 Å². The maximum atomic E-state index is 10.1. The molecule has 0 spiro atoms. The lowest BCUT2D eigenvalue weighted by Crippen LogP contribution is -2.17. The molecule has 1 aliphatic carbocycles. The molecule has 1 saturated carbocycles. The van der Waals surface area contributed by atoms with E-state index in [9.17, 15) is 4.79 Å². The average Bonchev–Trinajstić information content (AvgIpc) is 2.79. The van der Waals surface area contributed by atoms with Gasteiger partial charge in [0.25, 0.3) is 0 Å². The minimum atomic E-state index is -0.695. The van der Waals surface area contributed by atoms with Crippen molar-refractivity contribution in [3.63, 3.8) is 0 Å². The summed E-state index contributed by atoms with van der Waals surface area (Å²) in [5.41, 5.74) is 0. The Bertz CT molecular complexity index is 143. The zero-order chi connectivity index (χ0) is 8.81. The Hall–Kier alpha value is -0.570. The van der Waals surface area contributed by atoms with Crippen molar-refractivity contribution in [1.29, 1.82) is 0 Å². The molecule has 0 amide bonds. The minimum Gasteiger partial charge on any atom is -0.481 e. The maximum absolute atomic E-state index is 10.1. The number of carboxylic acid groups (broad SMARTS) is 1. The Morgan fingerprint density at radius 3 is 2.75 bits per heavy atom. The van der Waals surface area contributed by atoms with Gasteiger partial charge in [-0.1, -0.05) is 12.8 Å². The van der Waals surface area contributed by atoms with Crippen LogP contribution >= 0.6 is 0 Å². The van der Waals surface area contributed by atoms with Crippen LogP contribution in [0.1, 0.15) is 32.1 Å². The van der Waals surface area contributed by atoms with Gasteiger partial charge in [0.1, 0.15) is 0 Å². The fourth-order valence-electron chi connectivity index (χ4n) is 1.20. The van der Waals surface area contributed by atoms with Crippen LogP contribution in [-0.2, 0) is 4.79 Å². The first kappa shape index (κ1) is 9.52. The molecule has 0 aromatic heterocycles. The molecule has 1 fully saturated rings. The summed E-state index contributed by atoms with van der Waals surface area (Å²) < 4.78 is 0. The number of aliphatic carboxylic acids is 1. The van der Waals surface area contributed by atoms with Gasteiger partial charge in [0, 0.05) is 6.42 Å². The van der Waals surface area contributed by atoms with Crippen LogP contribution in [0, 0.1) is 5.92 Å². The van der Waals surface area contributed by atoms with Crippen molar-refractivity contribution >= 4 is 5.97 Å². The molecule has 3 heteroatoms. The standard InChI is InChI=1S/C9H17NO2/c11-9(12)2-1-6-10-7-5-8-3-4-8/h8,10H,1-7H2,(H,11,12). The molecular weight excluding hydrogens is 154 g/mol. The number of rotatable bonds is 7. The second-order valence-electron chi connectivity index (χ2n) is 3.48. The monoisotopic (exact) mass is 171 g/mol. The summed E-state index contributed by atoms with van der Waals surface area (Å²) in [5, 5.41) is 11.6. The first-order chi connectivity index (χ1) is 5.79. The van der Waals surface area contributed by atoms with Gasteiger partial charge in [-0.2, -0.15) is 0 Å². The van der Waals surface area contributed by atoms with E-state index in [1.165, 1.54) is 19.3 Å². The molecule has 1 rings (SSSR count). The van der Waals surface area contributed by atoms with E-state index in [4.69, 9.17) is 5.11 Å². The third kappa shape index (κ3) is 5.13. The predicted molar refractivity (Wildman–Crippen MR) is 47.1 cm³/mol. The molecule has 0 heterocycles. The van der Waals surface area contributed by atoms with Crippen LogP contribution in [0.2, 0.25) is 0 Å². The van der Waals surface area contributed by atoms with Crippen molar-refractivity contribution in [2.75, 3.05) is 13.1 Å². The van der Waals surface area contributed by atoms with E-state index in [0.717, 1.165) is 25.4 Å². The quantitative estimate of drug-likeness (QED) is 0.567. The van der Waals surface area contributed by atoms with Crippen LogP contribution in [0.15, 0.2) is 0 Å². The fourth-order valence-corrected chi connectivity index (χ4v) is 1.20. The van der Waals surface area contributed by atoms with E-state index in [2.05, 4.69) is 5.32 Å². The highest BCUT2D eigenvalue weighted by Gasteiger charge is 2.19. The highest BCUT2D eigenvalue weighted by atomic mass is 16.4. The molecule has 2 N–H and O–H groups in total. The summed E-state index contributed by atoms with van der Waals surface area (Å²) in [6, 6.07) is 0. The van der Waals surface area contributed by atoms with Crippen molar-refractivity contribution in [2.24, 2.45) is 5.92 Å². The molecule has 0 bridgehead atoms. The first-order valence-electron chi connectivity index (χ1n) is 4.71. The summed E-state index contributed by atoms with van der Waals surface area (Å²) in [7, 11) is 0. The lowest BCUT2D eigenvalue weighted by atomic mass is 10.3. The Morgan fingerprint density at radius 2 is 2.17 bits per heavy atom. The van der Waals surface area contributed by atoms with E-state index in [1.54, 1.807) is 0 Å². The van der Waals surface area contributed by atoms with Gasteiger partial charge in [0.05, 0.1) is 0 Å². The van der Waals surface area contributed by atoms with Crippen LogP contribution in [0.4, 0.5) is 0 Å². The Morgan fingerprint density at radius 1 is 1.42 bits per heavy atom. The van der Waals surface area contributed by atoms with Gasteiger partial charge in [-0.25, -0.2) is 0 Å². The van der Waals surface area contributed by atoms with Crippen LogP contribution in [0.25, 0.3) is 0 Å². The summed E-state index contributed by atoms with van der Waals surface area (Å²) >= 11 is 0. The van der Waals surface area contributed by atoms with Crippen LogP contribution in [0.5, 0.6) is 0 Å². The normalized spacial score (nSPS) is 16.3. The third-order valence-electron chi connectivity index (χ3n) is 2.17. The van der Waals surface area contributed by atoms with Crippen molar-refractivity contribution < 1.29 is 9.90 Å². The van der Waals surface area contributed by atoms with E-state index >= 15 is 0 Å². The van der Waals surface area contributed by atoms with Crippen molar-refractivity contribution in [2.45, 2.75) is 32.1 Å². The summed E-state index contributed by atoms with van der Waals surface area (Å²) in [4.78, 5) is 10.1. The van der Waals surface area contributed by atoms with Gasteiger partial charge in [0.2, 0.25) is 0 Å². The molecule has 1 aliphatic rings. The van der Waals surface area contributed by atoms with E-state index in [-0.39, 0.29) is 6.42 Å². The number of carboxylic acids is 1. The number of hydrogen-bond acceptors (Lipinski definition) is 2. The Kier molecular flexibility index (Phi) is 4.08. The summed E-state index contributed by atoms with van der Waals surface area (Å²) in [6.45, 7) is 1.91. The lowest BCUT2D eigenvalue weighted by Gasteiger charge is -2.01. The number of carbonyl (C=O) groups is 1. The zero-order valence-corrected chi connectivity index (χ0v) is 7.38. The number of hydrogen-bond donors (Lipinski definition) is 2. The molecular formula is C9H17NO2. The molecule has 3 nitrogen and oxygen atoms in total. The molecule has 0 aromatic carbocycles. The predicted octanol–water partition coefficient (Wildman–Crippen LogP) is 1.24. The largest absolute Gasteiger partial charge is 0.481 e. The molecule has 0 saturated heterocycles. The molecule has 0 aromatic rings. The first-order valence-corrected chi connectivity index (χ1v) is 4.71. The van der Waals surface area contributed by atoms with Gasteiger partial charge < -0.3 is 10.4 Å². The lowest BCUT2D eigenvalue weighted by molar-refractivity contribution is -0.137. The molecule has 0 radical (unpaired) electrons. The van der Waals surface area contributed by atoms with Crippen LogP contribution < -0.4 is 5.32 Å². The van der Waals surface area contributed by atoms with E-state index < -0.39 is 5.97 Å². The van der Waals surface area contributed by atoms with Crippen LogP contribution in [-0.4, -0.2) is 24.2 Å². The Labute approximate surface area is 73.2 Å². The minimum absolute atomic E-state index is 0.288. The SMILES string of the molecule is O=C(O)CCCNCCC1CC1. The van der Waals surface area contributed by atoms with E-state index in [0.29, 0.717) is 0 Å². The molecule has 0 aliphatic heterocycles. The summed E-state index contributed by atoms with van der Waals surface area (Å²) in [6.07, 6.45) is 5.11. The van der Waals surface area contributed by atoms with Crippen LogP contribution in [0.3, 0.4) is 0 Å². The highest BCUT2D eigenvalue weighted by molar-refractivity contribution is 5.66.